The Balaban J connectivity index is 2.16. The van der Waals surface area contributed by atoms with Crippen molar-refractivity contribution in [2.75, 3.05) is 33.1 Å². The number of rotatable bonds is 8. The standard InChI is InChI=1S/C18H26N2O3S/c1-14-5-6-16(15(2)9-14)11-20(7-8-23-3)13-18(12-19)10-17(18)24(4,21)22/h5-6,9,17H,7-8,10-11,13H2,1-4H3/t17-,18-/m1/s1. The van der Waals surface area contributed by atoms with Crippen molar-refractivity contribution in [3.05, 3.63) is 34.9 Å². The molecule has 1 aliphatic carbocycles. The third-order valence-electron chi connectivity index (χ3n) is 4.75. The predicted molar refractivity (Wildman–Crippen MR) is 94.4 cm³/mol. The molecule has 0 aliphatic heterocycles. The maximum atomic E-state index is 11.8. The molecule has 0 spiro atoms. The van der Waals surface area contributed by atoms with Gasteiger partial charge in [0.25, 0.3) is 0 Å². The lowest BCUT2D eigenvalue weighted by atomic mass is 10.0. The van der Waals surface area contributed by atoms with Gasteiger partial charge in [0.2, 0.25) is 0 Å². The zero-order valence-electron chi connectivity index (χ0n) is 14.9. The molecule has 1 aliphatic rings. The van der Waals surface area contributed by atoms with Crippen LogP contribution in [0.5, 0.6) is 0 Å². The van der Waals surface area contributed by atoms with E-state index in [2.05, 4.69) is 43.0 Å². The summed E-state index contributed by atoms with van der Waals surface area (Å²) in [6.07, 6.45) is 1.65. The number of hydrogen-bond acceptors (Lipinski definition) is 5. The lowest BCUT2D eigenvalue weighted by Gasteiger charge is -2.25. The lowest BCUT2D eigenvalue weighted by molar-refractivity contribution is 0.135. The van der Waals surface area contributed by atoms with Crippen molar-refractivity contribution in [3.63, 3.8) is 0 Å². The van der Waals surface area contributed by atoms with Crippen molar-refractivity contribution in [1.29, 1.82) is 5.26 Å². The first-order valence-electron chi connectivity index (χ1n) is 8.09. The SMILES string of the molecule is COCCN(Cc1ccc(C)cc1C)C[C@]1(C#N)C[C@H]1S(C)(=O)=O. The highest BCUT2D eigenvalue weighted by Gasteiger charge is 2.61. The van der Waals surface area contributed by atoms with Crippen LogP contribution < -0.4 is 0 Å². The van der Waals surface area contributed by atoms with Crippen molar-refractivity contribution >= 4 is 9.84 Å². The normalized spacial score (nSPS) is 23.2. The van der Waals surface area contributed by atoms with Gasteiger partial charge >= 0.3 is 0 Å². The van der Waals surface area contributed by atoms with Crippen LogP contribution in [0.15, 0.2) is 18.2 Å². The van der Waals surface area contributed by atoms with Gasteiger partial charge in [0.05, 0.1) is 23.3 Å². The van der Waals surface area contributed by atoms with Crippen LogP contribution in [0.25, 0.3) is 0 Å². The van der Waals surface area contributed by atoms with Crippen molar-refractivity contribution in [1.82, 2.24) is 4.90 Å². The van der Waals surface area contributed by atoms with E-state index in [9.17, 15) is 13.7 Å². The van der Waals surface area contributed by atoms with E-state index >= 15 is 0 Å². The summed E-state index contributed by atoms with van der Waals surface area (Å²) >= 11 is 0. The largest absolute Gasteiger partial charge is 0.383 e. The van der Waals surface area contributed by atoms with Gasteiger partial charge in [-0.1, -0.05) is 23.8 Å². The Morgan fingerprint density at radius 1 is 1.42 bits per heavy atom. The van der Waals surface area contributed by atoms with Gasteiger partial charge in [-0.15, -0.1) is 0 Å². The second kappa shape index (κ2) is 7.22. The lowest BCUT2D eigenvalue weighted by Crippen LogP contribution is -2.35. The summed E-state index contributed by atoms with van der Waals surface area (Å²) in [7, 11) is -1.54. The predicted octanol–water partition coefficient (Wildman–Crippen LogP) is 2.08. The monoisotopic (exact) mass is 350 g/mol. The van der Waals surface area contributed by atoms with E-state index in [4.69, 9.17) is 4.74 Å². The molecule has 0 radical (unpaired) electrons. The maximum absolute atomic E-state index is 11.8. The van der Waals surface area contributed by atoms with Crippen molar-refractivity contribution < 1.29 is 13.2 Å². The third kappa shape index (κ3) is 4.35. The summed E-state index contributed by atoms with van der Waals surface area (Å²) in [4.78, 5) is 2.13. The summed E-state index contributed by atoms with van der Waals surface area (Å²) < 4.78 is 28.8. The van der Waals surface area contributed by atoms with E-state index < -0.39 is 20.5 Å². The van der Waals surface area contributed by atoms with Gasteiger partial charge in [-0.05, 0) is 31.4 Å². The molecule has 0 heterocycles. The fourth-order valence-electron chi connectivity index (χ4n) is 3.25. The molecule has 24 heavy (non-hydrogen) atoms. The fraction of sp³-hybridized carbons (Fsp3) is 0.611. The molecule has 0 bridgehead atoms. The van der Waals surface area contributed by atoms with Gasteiger partial charge in [0.1, 0.15) is 0 Å². The van der Waals surface area contributed by atoms with Crippen LogP contribution in [-0.4, -0.2) is 51.6 Å². The van der Waals surface area contributed by atoms with Crippen LogP contribution in [0, 0.1) is 30.6 Å². The zero-order valence-corrected chi connectivity index (χ0v) is 15.7. The Morgan fingerprint density at radius 2 is 2.12 bits per heavy atom. The molecule has 1 fully saturated rings. The van der Waals surface area contributed by atoms with Gasteiger partial charge in [-0.25, -0.2) is 8.42 Å². The van der Waals surface area contributed by atoms with Gasteiger partial charge < -0.3 is 4.74 Å². The Labute approximate surface area is 145 Å². The fourth-order valence-corrected chi connectivity index (χ4v) is 4.80. The van der Waals surface area contributed by atoms with Crippen LogP contribution in [0.1, 0.15) is 23.1 Å². The average Bonchev–Trinajstić information content (AvgIpc) is 3.23. The summed E-state index contributed by atoms with van der Waals surface area (Å²) in [6.45, 7) is 6.51. The second-order valence-corrected chi connectivity index (χ2v) is 9.15. The Morgan fingerprint density at radius 3 is 2.62 bits per heavy atom. The van der Waals surface area contributed by atoms with E-state index in [1.165, 1.54) is 22.9 Å². The molecule has 0 unspecified atom stereocenters. The summed E-state index contributed by atoms with van der Waals surface area (Å²) in [5.41, 5.74) is 2.84. The Kier molecular flexibility index (Phi) is 5.69. The third-order valence-corrected chi connectivity index (χ3v) is 6.41. The van der Waals surface area contributed by atoms with Crippen LogP contribution in [0.4, 0.5) is 0 Å². The zero-order chi connectivity index (χ0) is 18.0. The first-order chi connectivity index (χ1) is 11.2. The molecule has 1 aromatic carbocycles. The Hall–Kier alpha value is -1.42. The minimum absolute atomic E-state index is 0.429. The highest BCUT2D eigenvalue weighted by molar-refractivity contribution is 7.91. The molecule has 1 aromatic rings. The summed E-state index contributed by atoms with van der Waals surface area (Å²) in [5.74, 6) is 0. The highest BCUT2D eigenvalue weighted by atomic mass is 32.2. The summed E-state index contributed by atoms with van der Waals surface area (Å²) in [6, 6.07) is 8.58. The van der Waals surface area contributed by atoms with Gasteiger partial charge in [0, 0.05) is 33.0 Å². The van der Waals surface area contributed by atoms with Crippen LogP contribution in [0.3, 0.4) is 0 Å². The molecule has 0 saturated heterocycles. The van der Waals surface area contributed by atoms with Crippen LogP contribution in [0.2, 0.25) is 0 Å². The van der Waals surface area contributed by atoms with Gasteiger partial charge in [0.15, 0.2) is 9.84 Å². The first-order valence-corrected chi connectivity index (χ1v) is 10.0. The number of benzene rings is 1. The van der Waals surface area contributed by atoms with Crippen LogP contribution in [-0.2, 0) is 21.1 Å². The molecular weight excluding hydrogens is 324 g/mol. The molecule has 5 nitrogen and oxygen atoms in total. The molecule has 2 atom stereocenters. The molecular formula is C18H26N2O3S. The number of sulfone groups is 1. The smallest absolute Gasteiger partial charge is 0.151 e. The van der Waals surface area contributed by atoms with E-state index in [1.54, 1.807) is 7.11 Å². The molecule has 2 rings (SSSR count). The van der Waals surface area contributed by atoms with E-state index in [0.717, 1.165) is 0 Å². The number of hydrogen-bond donors (Lipinski definition) is 0. The molecule has 0 amide bonds. The van der Waals surface area contributed by atoms with E-state index in [-0.39, 0.29) is 0 Å². The minimum Gasteiger partial charge on any atom is -0.383 e. The number of nitriles is 1. The minimum atomic E-state index is -3.18. The molecule has 0 aromatic heterocycles. The van der Waals surface area contributed by atoms with Crippen molar-refractivity contribution in [2.45, 2.75) is 32.1 Å². The molecule has 1 saturated carbocycles. The number of methoxy groups -OCH3 is 1. The van der Waals surface area contributed by atoms with Crippen molar-refractivity contribution in [3.8, 4) is 6.07 Å². The molecule has 132 valence electrons. The van der Waals surface area contributed by atoms with Gasteiger partial charge in [-0.2, -0.15) is 5.26 Å². The van der Waals surface area contributed by atoms with Crippen LogP contribution >= 0.6 is 0 Å². The molecule has 0 N–H and O–H groups in total. The number of aryl methyl sites for hydroxylation is 2. The molecule has 6 heteroatoms. The Bertz CT molecular complexity index is 739. The summed E-state index contributed by atoms with van der Waals surface area (Å²) in [5, 5.41) is 9.01. The van der Waals surface area contributed by atoms with E-state index in [0.29, 0.717) is 32.7 Å². The number of ether oxygens (including phenoxy) is 1. The topological polar surface area (TPSA) is 70.4 Å². The second-order valence-electron chi connectivity index (χ2n) is 6.92. The maximum Gasteiger partial charge on any atom is 0.151 e. The first kappa shape index (κ1) is 18.9. The average molecular weight is 350 g/mol. The van der Waals surface area contributed by atoms with Crippen molar-refractivity contribution in [2.24, 2.45) is 5.41 Å². The number of nitrogens with zero attached hydrogens (tertiary/aromatic N) is 2. The highest BCUT2D eigenvalue weighted by Crippen LogP contribution is 2.50. The van der Waals surface area contributed by atoms with E-state index in [1.807, 2.05) is 0 Å². The quantitative estimate of drug-likeness (QED) is 0.718. The van der Waals surface area contributed by atoms with Gasteiger partial charge in [-0.3, -0.25) is 4.90 Å².